The Morgan fingerprint density at radius 3 is 2.88 bits per heavy atom. The summed E-state index contributed by atoms with van der Waals surface area (Å²) < 4.78 is 1.25. The van der Waals surface area contributed by atoms with Crippen LogP contribution < -0.4 is 0 Å². The summed E-state index contributed by atoms with van der Waals surface area (Å²) in [7, 11) is 0. The molecule has 0 saturated heterocycles. The molecule has 2 aromatic rings. The maximum Gasteiger partial charge on any atom is 0.124 e. The first-order valence-corrected chi connectivity index (χ1v) is 7.67. The fourth-order valence-corrected chi connectivity index (χ4v) is 3.97. The molecule has 0 bridgehead atoms. The molecular formula is C14H13NS2. The minimum atomic E-state index is 0.989. The molecule has 86 valence electrons. The lowest BCUT2D eigenvalue weighted by Crippen LogP contribution is -1.86. The van der Waals surface area contributed by atoms with Gasteiger partial charge in [0.1, 0.15) is 4.38 Å². The van der Waals surface area contributed by atoms with Gasteiger partial charge in [0.15, 0.2) is 0 Å². The van der Waals surface area contributed by atoms with Crippen LogP contribution in [0.5, 0.6) is 0 Å². The normalized spacial score (nSPS) is 15.2. The molecule has 0 N–H and O–H groups in total. The minimum Gasteiger partial charge on any atom is -0.271 e. The Hall–Kier alpha value is -0.930. The van der Waals surface area contributed by atoms with Crippen molar-refractivity contribution in [3.05, 3.63) is 48.0 Å². The summed E-state index contributed by atoms with van der Waals surface area (Å²) in [5.41, 5.74) is 1.41. The number of fused-ring (bicyclic) bond motifs is 1. The van der Waals surface area contributed by atoms with Crippen molar-refractivity contribution in [2.24, 2.45) is 4.99 Å². The van der Waals surface area contributed by atoms with Gasteiger partial charge < -0.3 is 0 Å². The van der Waals surface area contributed by atoms with E-state index in [1.165, 1.54) is 20.7 Å². The topological polar surface area (TPSA) is 12.4 Å². The maximum atomic E-state index is 4.47. The van der Waals surface area contributed by atoms with Crippen LogP contribution in [0.2, 0.25) is 0 Å². The van der Waals surface area contributed by atoms with Gasteiger partial charge in [-0.25, -0.2) is 0 Å². The lowest BCUT2D eigenvalue weighted by molar-refractivity contribution is 1.18. The molecule has 17 heavy (non-hydrogen) atoms. The number of hydrogen-bond acceptors (Lipinski definition) is 3. The van der Waals surface area contributed by atoms with Gasteiger partial charge in [0.2, 0.25) is 0 Å². The zero-order valence-corrected chi connectivity index (χ0v) is 11.1. The first-order chi connectivity index (χ1) is 8.43. The molecule has 2 aromatic carbocycles. The molecule has 1 aliphatic heterocycles. The van der Waals surface area contributed by atoms with Crippen molar-refractivity contribution < 1.29 is 0 Å². The monoisotopic (exact) mass is 259 g/mol. The molecule has 3 heteroatoms. The largest absolute Gasteiger partial charge is 0.271 e. The van der Waals surface area contributed by atoms with Gasteiger partial charge in [-0.1, -0.05) is 66.0 Å². The number of aliphatic imine (C=N–C) groups is 1. The fourth-order valence-electron chi connectivity index (χ4n) is 1.96. The summed E-state index contributed by atoms with van der Waals surface area (Å²) in [6.07, 6.45) is 0. The van der Waals surface area contributed by atoms with Crippen LogP contribution in [-0.4, -0.2) is 16.7 Å². The Labute approximate surface area is 110 Å². The van der Waals surface area contributed by atoms with E-state index >= 15 is 0 Å². The van der Waals surface area contributed by atoms with E-state index in [0.29, 0.717) is 0 Å². The second kappa shape index (κ2) is 5.15. The lowest BCUT2D eigenvalue weighted by atomic mass is 10.1. The number of hydrogen-bond donors (Lipinski definition) is 0. The Balaban J connectivity index is 1.84. The Kier molecular flexibility index (Phi) is 3.39. The molecule has 0 unspecified atom stereocenters. The van der Waals surface area contributed by atoms with Crippen LogP contribution >= 0.6 is 23.5 Å². The van der Waals surface area contributed by atoms with Gasteiger partial charge in [0.05, 0.1) is 6.54 Å². The average Bonchev–Trinajstić information content (AvgIpc) is 2.89. The molecule has 0 spiro atoms. The van der Waals surface area contributed by atoms with Gasteiger partial charge >= 0.3 is 0 Å². The second-order valence-corrected chi connectivity index (χ2v) is 6.23. The average molecular weight is 259 g/mol. The zero-order valence-electron chi connectivity index (χ0n) is 9.43. The van der Waals surface area contributed by atoms with Gasteiger partial charge in [-0.15, -0.1) is 0 Å². The minimum absolute atomic E-state index is 0.989. The van der Waals surface area contributed by atoms with E-state index in [-0.39, 0.29) is 0 Å². The van der Waals surface area contributed by atoms with E-state index in [9.17, 15) is 0 Å². The number of benzene rings is 2. The van der Waals surface area contributed by atoms with Crippen molar-refractivity contribution >= 4 is 38.7 Å². The maximum absolute atomic E-state index is 4.47. The highest BCUT2D eigenvalue weighted by molar-refractivity contribution is 8.38. The highest BCUT2D eigenvalue weighted by atomic mass is 32.2. The van der Waals surface area contributed by atoms with Crippen LogP contribution in [0.1, 0.15) is 5.56 Å². The third kappa shape index (κ3) is 2.50. The molecule has 1 aliphatic rings. The lowest BCUT2D eigenvalue weighted by Gasteiger charge is -2.05. The quantitative estimate of drug-likeness (QED) is 0.802. The summed E-state index contributed by atoms with van der Waals surface area (Å²) in [5.74, 6) is 2.17. The molecule has 0 atom stereocenters. The van der Waals surface area contributed by atoms with Crippen molar-refractivity contribution in [2.75, 3.05) is 12.3 Å². The van der Waals surface area contributed by atoms with Crippen LogP contribution in [0.4, 0.5) is 0 Å². The summed E-state index contributed by atoms with van der Waals surface area (Å²) in [4.78, 5) is 4.47. The molecule has 0 amide bonds. The summed E-state index contributed by atoms with van der Waals surface area (Å²) >= 11 is 3.74. The molecule has 1 nitrogen and oxygen atoms in total. The highest BCUT2D eigenvalue weighted by Crippen LogP contribution is 2.28. The van der Waals surface area contributed by atoms with E-state index in [1.54, 1.807) is 0 Å². The Morgan fingerprint density at radius 2 is 2.00 bits per heavy atom. The predicted molar refractivity (Wildman–Crippen MR) is 80.0 cm³/mol. The summed E-state index contributed by atoms with van der Waals surface area (Å²) in [6.45, 7) is 0.989. The molecule has 0 aliphatic carbocycles. The zero-order chi connectivity index (χ0) is 11.5. The molecule has 0 aromatic heterocycles. The third-order valence-corrected chi connectivity index (χ3v) is 5.09. The molecular weight excluding hydrogens is 246 g/mol. The van der Waals surface area contributed by atoms with Gasteiger partial charge in [-0.3, -0.25) is 4.99 Å². The summed E-state index contributed by atoms with van der Waals surface area (Å²) in [6, 6.07) is 15.1. The Morgan fingerprint density at radius 1 is 1.12 bits per heavy atom. The van der Waals surface area contributed by atoms with Crippen molar-refractivity contribution in [1.82, 2.24) is 0 Å². The van der Waals surface area contributed by atoms with Gasteiger partial charge in [-0.05, 0) is 16.3 Å². The van der Waals surface area contributed by atoms with Gasteiger partial charge in [-0.2, -0.15) is 0 Å². The van der Waals surface area contributed by atoms with E-state index in [0.717, 1.165) is 18.1 Å². The number of nitrogens with zero attached hydrogens (tertiary/aromatic N) is 1. The fraction of sp³-hybridized carbons (Fsp3) is 0.214. The van der Waals surface area contributed by atoms with Gasteiger partial charge in [0.25, 0.3) is 0 Å². The van der Waals surface area contributed by atoms with Crippen LogP contribution in [-0.2, 0) is 5.75 Å². The standard InChI is InChI=1S/C14H13NS2/c1-2-7-13-11(4-1)5-3-6-12(13)10-17-14-15-8-9-16-14/h1-7H,8-10H2. The molecule has 3 rings (SSSR count). The molecule has 0 fully saturated rings. The SMILES string of the molecule is c1ccc2c(CSC3=NCCS3)cccc2c1. The third-order valence-electron chi connectivity index (χ3n) is 2.79. The van der Waals surface area contributed by atoms with E-state index in [4.69, 9.17) is 0 Å². The van der Waals surface area contributed by atoms with Crippen molar-refractivity contribution in [3.63, 3.8) is 0 Å². The van der Waals surface area contributed by atoms with E-state index < -0.39 is 0 Å². The first-order valence-electron chi connectivity index (χ1n) is 5.70. The van der Waals surface area contributed by atoms with Crippen LogP contribution in [0, 0.1) is 0 Å². The molecule has 0 radical (unpaired) electrons. The van der Waals surface area contributed by atoms with Crippen molar-refractivity contribution in [1.29, 1.82) is 0 Å². The molecule has 0 saturated carbocycles. The number of thioether (sulfide) groups is 2. The first kappa shape index (κ1) is 11.2. The Bertz CT molecular complexity index is 558. The highest BCUT2D eigenvalue weighted by Gasteiger charge is 2.08. The van der Waals surface area contributed by atoms with Gasteiger partial charge in [0, 0.05) is 11.5 Å². The van der Waals surface area contributed by atoms with Crippen molar-refractivity contribution in [3.8, 4) is 0 Å². The smallest absolute Gasteiger partial charge is 0.124 e. The van der Waals surface area contributed by atoms with Crippen molar-refractivity contribution in [2.45, 2.75) is 5.75 Å². The summed E-state index contributed by atoms with van der Waals surface area (Å²) in [5, 5.41) is 2.69. The van der Waals surface area contributed by atoms with Crippen LogP contribution in [0.25, 0.3) is 10.8 Å². The van der Waals surface area contributed by atoms with Crippen LogP contribution in [0.3, 0.4) is 0 Å². The van der Waals surface area contributed by atoms with E-state index in [1.807, 2.05) is 23.5 Å². The molecule has 1 heterocycles. The van der Waals surface area contributed by atoms with Crippen LogP contribution in [0.15, 0.2) is 47.5 Å². The van der Waals surface area contributed by atoms with E-state index in [2.05, 4.69) is 47.5 Å². The number of rotatable bonds is 2. The second-order valence-electron chi connectivity index (χ2n) is 3.92. The predicted octanol–water partition coefficient (Wildman–Crippen LogP) is 4.18.